The van der Waals surface area contributed by atoms with E-state index in [2.05, 4.69) is 15.3 Å². The molecule has 154 valence electrons. The maximum absolute atomic E-state index is 13.1. The molecule has 0 saturated carbocycles. The van der Waals surface area contributed by atoms with Crippen molar-refractivity contribution in [2.75, 3.05) is 5.32 Å². The topological polar surface area (TPSA) is 80.0 Å². The lowest BCUT2D eigenvalue weighted by molar-refractivity contribution is -0.141. The quantitative estimate of drug-likeness (QED) is 0.600. The summed E-state index contributed by atoms with van der Waals surface area (Å²) < 4.78 is 40.7. The summed E-state index contributed by atoms with van der Waals surface area (Å²) in [7, 11) is 0. The third-order valence-electron chi connectivity index (χ3n) is 3.74. The molecule has 0 aliphatic carbocycles. The molecule has 6 nitrogen and oxygen atoms in total. The zero-order valence-corrected chi connectivity index (χ0v) is 16.7. The third kappa shape index (κ3) is 4.98. The Morgan fingerprint density at radius 3 is 2.31 bits per heavy atom. The van der Waals surface area contributed by atoms with E-state index < -0.39 is 23.4 Å². The Kier molecular flexibility index (Phi) is 5.50. The van der Waals surface area contributed by atoms with E-state index in [0.29, 0.717) is 0 Å². The number of anilines is 1. The highest BCUT2D eigenvalue weighted by atomic mass is 35.5. The number of nitrogens with zero attached hydrogens (tertiary/aromatic N) is 3. The van der Waals surface area contributed by atoms with Crippen LogP contribution in [0.15, 0.2) is 30.3 Å². The van der Waals surface area contributed by atoms with Crippen LogP contribution < -0.4 is 5.32 Å². The van der Waals surface area contributed by atoms with Crippen molar-refractivity contribution < 1.29 is 23.1 Å². The van der Waals surface area contributed by atoms with Crippen LogP contribution in [0.2, 0.25) is 10.0 Å². The van der Waals surface area contributed by atoms with Gasteiger partial charge in [0.1, 0.15) is 11.2 Å². The van der Waals surface area contributed by atoms with E-state index in [1.165, 1.54) is 36.6 Å². The number of amides is 1. The first-order valence-corrected chi connectivity index (χ1v) is 9.04. The van der Waals surface area contributed by atoms with Crippen LogP contribution in [-0.2, 0) is 11.0 Å². The van der Waals surface area contributed by atoms with Gasteiger partial charge in [-0.2, -0.15) is 13.2 Å². The van der Waals surface area contributed by atoms with Crippen LogP contribution in [0.3, 0.4) is 0 Å². The highest BCUT2D eigenvalue weighted by Gasteiger charge is 2.33. The average molecular weight is 447 g/mol. The van der Waals surface area contributed by atoms with Crippen molar-refractivity contribution in [3.63, 3.8) is 0 Å². The first-order chi connectivity index (χ1) is 13.3. The Morgan fingerprint density at radius 1 is 1.14 bits per heavy atom. The summed E-state index contributed by atoms with van der Waals surface area (Å²) >= 11 is 12.1. The van der Waals surface area contributed by atoms with Crippen molar-refractivity contribution >= 4 is 46.2 Å². The maximum atomic E-state index is 13.1. The van der Waals surface area contributed by atoms with Gasteiger partial charge in [0.25, 0.3) is 0 Å². The number of benzene rings is 1. The molecule has 0 aliphatic rings. The van der Waals surface area contributed by atoms with E-state index in [-0.39, 0.29) is 39.3 Å². The molecule has 0 atom stereocenters. The Morgan fingerprint density at radius 2 is 1.76 bits per heavy atom. The third-order valence-corrected chi connectivity index (χ3v) is 4.18. The number of hydrogen-bond donors (Lipinski definition) is 2. The predicted octanol–water partition coefficient (Wildman–Crippen LogP) is 4.85. The zero-order chi connectivity index (χ0) is 21.6. The Hall–Kier alpha value is -2.36. The molecule has 0 unspecified atom stereocenters. The normalized spacial score (nSPS) is 12.4. The van der Waals surface area contributed by atoms with Crippen LogP contribution in [-0.4, -0.2) is 31.1 Å². The Labute approximate surface area is 173 Å². The summed E-state index contributed by atoms with van der Waals surface area (Å²) in [6, 6.07) is 6.30. The smallest absolute Gasteiger partial charge is 0.390 e. The van der Waals surface area contributed by atoms with E-state index in [1.54, 1.807) is 0 Å². The second kappa shape index (κ2) is 7.47. The largest absolute Gasteiger partial charge is 0.433 e. The van der Waals surface area contributed by atoms with E-state index in [4.69, 9.17) is 23.2 Å². The number of nitrogens with one attached hydrogen (secondary N) is 1. The molecule has 2 heterocycles. The number of alkyl halides is 3. The fourth-order valence-corrected chi connectivity index (χ4v) is 3.19. The summed E-state index contributed by atoms with van der Waals surface area (Å²) in [5, 5.41) is 12.8. The molecule has 0 fully saturated rings. The summed E-state index contributed by atoms with van der Waals surface area (Å²) in [5.74, 6) is -0.669. The first-order valence-electron chi connectivity index (χ1n) is 8.29. The van der Waals surface area contributed by atoms with Gasteiger partial charge in [0.05, 0.1) is 17.7 Å². The first kappa shape index (κ1) is 21.4. The number of imidazole rings is 1. The van der Waals surface area contributed by atoms with Crippen molar-refractivity contribution in [3.05, 3.63) is 46.1 Å². The summed E-state index contributed by atoms with van der Waals surface area (Å²) in [6.07, 6.45) is -4.92. The second-order valence-corrected chi connectivity index (χ2v) is 7.85. The zero-order valence-electron chi connectivity index (χ0n) is 15.2. The predicted molar refractivity (Wildman–Crippen MR) is 103 cm³/mol. The summed E-state index contributed by atoms with van der Waals surface area (Å²) in [6.45, 7) is 2.90. The number of carbonyl (C=O) groups is 1. The van der Waals surface area contributed by atoms with E-state index in [1.807, 2.05) is 0 Å². The minimum atomic E-state index is -4.67. The van der Waals surface area contributed by atoms with Gasteiger partial charge < -0.3 is 5.11 Å². The van der Waals surface area contributed by atoms with E-state index in [0.717, 1.165) is 12.1 Å². The van der Waals surface area contributed by atoms with Gasteiger partial charge in [-0.15, -0.1) is 0 Å². The summed E-state index contributed by atoms with van der Waals surface area (Å²) in [5.41, 5.74) is -2.17. The van der Waals surface area contributed by atoms with Gasteiger partial charge in [-0.3, -0.25) is 14.7 Å². The number of halogens is 5. The number of rotatable bonds is 4. The van der Waals surface area contributed by atoms with Crippen LogP contribution in [0.1, 0.15) is 26.0 Å². The van der Waals surface area contributed by atoms with E-state index >= 15 is 0 Å². The van der Waals surface area contributed by atoms with Crippen molar-refractivity contribution in [1.82, 2.24) is 14.5 Å². The number of aliphatic hydroxyl groups is 1. The molecule has 0 bridgehead atoms. The molecule has 11 heteroatoms. The van der Waals surface area contributed by atoms with Crippen molar-refractivity contribution in [2.24, 2.45) is 0 Å². The molecule has 1 aromatic carbocycles. The standard InChI is InChI=1S/C18H15Cl2F3N4O2/c1-17(2,29)8-14(28)26-16-24-12-3-4-13(18(21,22)23)25-15(12)27(16)11-6-9(19)5-10(20)7-11/h3-7,29H,8H2,1-2H3,(H,24,26,28). The van der Waals surface area contributed by atoms with Gasteiger partial charge in [-0.1, -0.05) is 23.2 Å². The molecule has 2 N–H and O–H groups in total. The lowest BCUT2D eigenvalue weighted by atomic mass is 10.1. The molecule has 3 aromatic rings. The molecule has 29 heavy (non-hydrogen) atoms. The number of aromatic nitrogens is 3. The van der Waals surface area contributed by atoms with Crippen LogP contribution in [0.5, 0.6) is 0 Å². The highest BCUT2D eigenvalue weighted by molar-refractivity contribution is 6.34. The van der Waals surface area contributed by atoms with Crippen LogP contribution >= 0.6 is 23.2 Å². The minimum absolute atomic E-state index is 0.0839. The van der Waals surface area contributed by atoms with Gasteiger partial charge in [0, 0.05) is 10.0 Å². The lowest BCUT2D eigenvalue weighted by Crippen LogP contribution is -2.28. The monoisotopic (exact) mass is 446 g/mol. The van der Waals surface area contributed by atoms with Gasteiger partial charge in [0.15, 0.2) is 5.65 Å². The molecule has 0 aliphatic heterocycles. The van der Waals surface area contributed by atoms with Crippen LogP contribution in [0, 0.1) is 0 Å². The second-order valence-electron chi connectivity index (χ2n) is 6.97. The Bertz CT molecular complexity index is 1070. The van der Waals surface area contributed by atoms with E-state index in [9.17, 15) is 23.1 Å². The number of pyridine rings is 1. The van der Waals surface area contributed by atoms with Crippen molar-refractivity contribution in [2.45, 2.75) is 32.0 Å². The van der Waals surface area contributed by atoms with Gasteiger partial charge >= 0.3 is 6.18 Å². The molecular weight excluding hydrogens is 432 g/mol. The van der Waals surface area contributed by atoms with Crippen LogP contribution in [0.25, 0.3) is 16.9 Å². The SMILES string of the molecule is CC(C)(O)CC(=O)Nc1nc2ccc(C(F)(F)F)nc2n1-c1cc(Cl)cc(Cl)c1. The van der Waals surface area contributed by atoms with Crippen molar-refractivity contribution in [1.29, 1.82) is 0 Å². The molecule has 3 rings (SSSR count). The fourth-order valence-electron chi connectivity index (χ4n) is 2.67. The van der Waals surface area contributed by atoms with Gasteiger partial charge in [-0.25, -0.2) is 9.97 Å². The highest BCUT2D eigenvalue weighted by Crippen LogP contribution is 2.32. The number of carbonyl (C=O) groups excluding carboxylic acids is 1. The van der Waals surface area contributed by atoms with Crippen LogP contribution in [0.4, 0.5) is 19.1 Å². The lowest BCUT2D eigenvalue weighted by Gasteiger charge is -2.16. The molecule has 0 saturated heterocycles. The molecule has 0 radical (unpaired) electrons. The molecule has 1 amide bonds. The summed E-state index contributed by atoms with van der Waals surface area (Å²) in [4.78, 5) is 20.1. The Balaban J connectivity index is 2.20. The minimum Gasteiger partial charge on any atom is -0.390 e. The fraction of sp³-hybridized carbons (Fsp3) is 0.278. The van der Waals surface area contributed by atoms with Gasteiger partial charge in [-0.05, 0) is 44.2 Å². The molecule has 0 spiro atoms. The van der Waals surface area contributed by atoms with Crippen molar-refractivity contribution in [3.8, 4) is 5.69 Å². The molecular formula is C18H15Cl2F3N4O2. The maximum Gasteiger partial charge on any atom is 0.433 e. The number of hydrogen-bond acceptors (Lipinski definition) is 4. The molecule has 2 aromatic heterocycles. The average Bonchev–Trinajstić information content (AvgIpc) is 2.87. The van der Waals surface area contributed by atoms with Gasteiger partial charge in [0.2, 0.25) is 11.9 Å². The number of fused-ring (bicyclic) bond motifs is 1.